The van der Waals surface area contributed by atoms with E-state index in [1.165, 1.54) is 0 Å². The second-order valence-electron chi connectivity index (χ2n) is 4.21. The first kappa shape index (κ1) is 14.7. The highest BCUT2D eigenvalue weighted by Crippen LogP contribution is 2.39. The van der Waals surface area contributed by atoms with Gasteiger partial charge in [0.15, 0.2) is 0 Å². The molecular formula is C11H9Br2ClN4O. The fourth-order valence-electron chi connectivity index (χ4n) is 2.06. The summed E-state index contributed by atoms with van der Waals surface area (Å²) in [6.45, 7) is 0.873. The van der Waals surface area contributed by atoms with Crippen molar-refractivity contribution in [1.82, 2.24) is 0 Å². The number of hydrogen-bond donors (Lipinski definition) is 0. The molecule has 0 N–H and O–H groups in total. The fourth-order valence-corrected chi connectivity index (χ4v) is 4.16. The Labute approximate surface area is 131 Å². The van der Waals surface area contributed by atoms with Crippen molar-refractivity contribution >= 4 is 55.1 Å². The molecule has 1 aromatic carbocycles. The predicted molar refractivity (Wildman–Crippen MR) is 81.3 cm³/mol. The third-order valence-corrected chi connectivity index (χ3v) is 4.29. The lowest BCUT2D eigenvalue weighted by Crippen LogP contribution is -2.25. The van der Waals surface area contributed by atoms with Crippen molar-refractivity contribution in [3.8, 4) is 0 Å². The van der Waals surface area contributed by atoms with E-state index in [0.717, 1.165) is 14.6 Å². The number of amides is 1. The molecule has 1 amide bonds. The van der Waals surface area contributed by atoms with Crippen molar-refractivity contribution in [1.29, 1.82) is 0 Å². The molecule has 5 nitrogen and oxygen atoms in total. The number of anilines is 1. The van der Waals surface area contributed by atoms with Crippen LogP contribution in [0.4, 0.5) is 5.69 Å². The molecule has 8 heteroatoms. The number of benzene rings is 1. The number of halogens is 3. The van der Waals surface area contributed by atoms with E-state index in [9.17, 15) is 4.79 Å². The lowest BCUT2D eigenvalue weighted by molar-refractivity contribution is -0.117. The normalized spacial score (nSPS) is 18.6. The Kier molecular flexibility index (Phi) is 4.73. The molecule has 1 atom stereocenters. The lowest BCUT2D eigenvalue weighted by atomic mass is 10.1. The summed E-state index contributed by atoms with van der Waals surface area (Å²) in [4.78, 5) is 16.5. The van der Waals surface area contributed by atoms with Crippen LogP contribution < -0.4 is 4.90 Å². The van der Waals surface area contributed by atoms with E-state index < -0.39 is 0 Å². The van der Waals surface area contributed by atoms with Crippen molar-refractivity contribution in [2.24, 2.45) is 11.0 Å². The van der Waals surface area contributed by atoms with Crippen molar-refractivity contribution in [3.05, 3.63) is 36.5 Å². The lowest BCUT2D eigenvalue weighted by Gasteiger charge is -2.20. The molecule has 1 unspecified atom stereocenters. The van der Waals surface area contributed by atoms with E-state index in [4.69, 9.17) is 17.1 Å². The Morgan fingerprint density at radius 1 is 1.47 bits per heavy atom. The molecule has 1 aliphatic heterocycles. The molecule has 0 radical (unpaired) electrons. The quantitative estimate of drug-likeness (QED) is 0.412. The first-order valence-corrected chi connectivity index (χ1v) is 7.45. The summed E-state index contributed by atoms with van der Waals surface area (Å²) in [6.07, 6.45) is 0.389. The van der Waals surface area contributed by atoms with Crippen LogP contribution >= 0.6 is 43.5 Å². The maximum atomic E-state index is 12.1. The van der Waals surface area contributed by atoms with Gasteiger partial charge in [-0.2, -0.15) is 0 Å². The van der Waals surface area contributed by atoms with Gasteiger partial charge in [-0.25, -0.2) is 0 Å². The maximum Gasteiger partial charge on any atom is 0.227 e. The molecule has 1 aromatic rings. The molecule has 1 saturated heterocycles. The predicted octanol–water partition coefficient (Wildman–Crippen LogP) is 4.53. The number of carbonyl (C=O) groups is 1. The SMILES string of the molecule is [N-]=[N+]=NCC1CC(=O)N(c2c(Br)cc(Cl)cc2Br)C1. The van der Waals surface area contributed by atoms with Gasteiger partial charge in [-0.1, -0.05) is 16.7 Å². The second kappa shape index (κ2) is 6.13. The smallest absolute Gasteiger partial charge is 0.227 e. The third-order valence-electron chi connectivity index (χ3n) is 2.86. The molecule has 19 heavy (non-hydrogen) atoms. The first-order valence-electron chi connectivity index (χ1n) is 5.48. The summed E-state index contributed by atoms with van der Waals surface area (Å²) in [5.74, 6) is 0.0692. The standard InChI is InChI=1S/C11H9Br2ClN4O/c12-8-2-7(14)3-9(13)11(8)18-5-6(1-10(18)19)4-16-17-15/h2-3,6H,1,4-5H2. The first-order chi connectivity index (χ1) is 9.02. The van der Waals surface area contributed by atoms with Gasteiger partial charge < -0.3 is 4.90 Å². The van der Waals surface area contributed by atoms with Crippen LogP contribution in [-0.4, -0.2) is 19.0 Å². The zero-order chi connectivity index (χ0) is 14.0. The Balaban J connectivity index is 2.28. The molecule has 0 saturated carbocycles. The molecule has 0 bridgehead atoms. The second-order valence-corrected chi connectivity index (χ2v) is 6.35. The highest BCUT2D eigenvalue weighted by molar-refractivity contribution is 9.11. The van der Waals surface area contributed by atoms with E-state index in [2.05, 4.69) is 41.9 Å². The van der Waals surface area contributed by atoms with E-state index in [1.807, 2.05) is 0 Å². The third kappa shape index (κ3) is 3.23. The number of carbonyl (C=O) groups excluding carboxylic acids is 1. The van der Waals surface area contributed by atoms with Crippen LogP contribution in [0, 0.1) is 5.92 Å². The zero-order valence-electron chi connectivity index (χ0n) is 9.68. The highest BCUT2D eigenvalue weighted by atomic mass is 79.9. The minimum atomic E-state index is 0.0156. The van der Waals surface area contributed by atoms with Gasteiger partial charge in [0.05, 0.1) is 5.69 Å². The topological polar surface area (TPSA) is 69.1 Å². The van der Waals surface area contributed by atoms with Crippen LogP contribution in [0.3, 0.4) is 0 Å². The van der Waals surface area contributed by atoms with Crippen LogP contribution in [0.2, 0.25) is 5.02 Å². The summed E-state index contributed by atoms with van der Waals surface area (Å²) in [5.41, 5.74) is 9.09. The van der Waals surface area contributed by atoms with Gasteiger partial charge >= 0.3 is 0 Å². The minimum Gasteiger partial charge on any atom is -0.310 e. The van der Waals surface area contributed by atoms with Gasteiger partial charge in [0.2, 0.25) is 5.91 Å². The summed E-state index contributed by atoms with van der Waals surface area (Å²) in [5, 5.41) is 4.12. The van der Waals surface area contributed by atoms with Crippen LogP contribution in [0.5, 0.6) is 0 Å². The van der Waals surface area contributed by atoms with E-state index in [1.54, 1.807) is 17.0 Å². The number of rotatable bonds is 3. The molecule has 0 aromatic heterocycles. The van der Waals surface area contributed by atoms with Gasteiger partial charge in [-0.15, -0.1) is 0 Å². The van der Waals surface area contributed by atoms with Gasteiger partial charge in [-0.3, -0.25) is 4.79 Å². The largest absolute Gasteiger partial charge is 0.310 e. The average molecular weight is 408 g/mol. The van der Waals surface area contributed by atoms with Gasteiger partial charge in [0.1, 0.15) is 0 Å². The van der Waals surface area contributed by atoms with Crippen LogP contribution in [-0.2, 0) is 4.79 Å². The minimum absolute atomic E-state index is 0.0156. The number of azide groups is 1. The number of hydrogen-bond acceptors (Lipinski definition) is 2. The Bertz CT molecular complexity index is 551. The molecule has 0 aliphatic carbocycles. The highest BCUT2D eigenvalue weighted by Gasteiger charge is 2.32. The number of nitrogens with zero attached hydrogens (tertiary/aromatic N) is 4. The Morgan fingerprint density at radius 3 is 2.68 bits per heavy atom. The molecular weight excluding hydrogens is 399 g/mol. The Morgan fingerprint density at radius 2 is 2.11 bits per heavy atom. The summed E-state index contributed by atoms with van der Waals surface area (Å²) >= 11 is 12.8. The molecule has 1 aliphatic rings. The molecule has 1 heterocycles. The molecule has 1 fully saturated rings. The monoisotopic (exact) mass is 406 g/mol. The van der Waals surface area contributed by atoms with Crippen LogP contribution in [0.25, 0.3) is 10.4 Å². The van der Waals surface area contributed by atoms with E-state index in [-0.39, 0.29) is 11.8 Å². The van der Waals surface area contributed by atoms with Crippen molar-refractivity contribution < 1.29 is 4.79 Å². The molecule has 0 spiro atoms. The maximum absolute atomic E-state index is 12.1. The summed E-state index contributed by atoms with van der Waals surface area (Å²) < 4.78 is 1.51. The Hall–Kier alpha value is -0.750. The van der Waals surface area contributed by atoms with E-state index >= 15 is 0 Å². The van der Waals surface area contributed by atoms with Gasteiger partial charge in [0.25, 0.3) is 0 Å². The zero-order valence-corrected chi connectivity index (χ0v) is 13.6. The fraction of sp³-hybridized carbons (Fsp3) is 0.364. The summed E-state index contributed by atoms with van der Waals surface area (Å²) in [7, 11) is 0. The van der Waals surface area contributed by atoms with Crippen LogP contribution in [0.15, 0.2) is 26.2 Å². The van der Waals surface area contributed by atoms with Gasteiger partial charge in [-0.05, 0) is 55.4 Å². The van der Waals surface area contributed by atoms with Gasteiger partial charge in [0, 0.05) is 38.4 Å². The average Bonchev–Trinajstić information content (AvgIpc) is 2.67. The summed E-state index contributed by atoms with van der Waals surface area (Å²) in [6, 6.07) is 3.49. The van der Waals surface area contributed by atoms with E-state index in [0.29, 0.717) is 24.5 Å². The molecule has 100 valence electrons. The molecule has 2 rings (SSSR count). The van der Waals surface area contributed by atoms with Crippen LogP contribution in [0.1, 0.15) is 6.42 Å². The van der Waals surface area contributed by atoms with Crippen molar-refractivity contribution in [2.75, 3.05) is 18.0 Å². The van der Waals surface area contributed by atoms with Crippen molar-refractivity contribution in [3.63, 3.8) is 0 Å². The van der Waals surface area contributed by atoms with Crippen molar-refractivity contribution in [2.45, 2.75) is 6.42 Å².